The molecule has 0 aliphatic heterocycles. The fraction of sp³-hybridized carbons (Fsp3) is 0.286. The van der Waals surface area contributed by atoms with Gasteiger partial charge in [0.2, 0.25) is 5.03 Å². The zero-order valence-corrected chi connectivity index (χ0v) is 9.39. The van der Waals surface area contributed by atoms with E-state index in [2.05, 4.69) is 9.72 Å². The van der Waals surface area contributed by atoms with Gasteiger partial charge in [0.1, 0.15) is 11.4 Å². The van der Waals surface area contributed by atoms with E-state index < -0.39 is 37.7 Å². The van der Waals surface area contributed by atoms with Crippen LogP contribution in [0.3, 0.4) is 0 Å². The molecule has 0 unspecified atom stereocenters. The number of methoxy groups -OCH3 is 1. The quantitative estimate of drug-likeness (QED) is 0.848. The van der Waals surface area contributed by atoms with E-state index in [-0.39, 0.29) is 0 Å². The highest BCUT2D eigenvalue weighted by atomic mass is 35.7. The van der Waals surface area contributed by atoms with Crippen LogP contribution in [-0.4, -0.2) is 25.6 Å². The Morgan fingerprint density at radius 3 is 2.50 bits per heavy atom. The molecule has 1 rings (SSSR count). The number of nitrogens with zero attached hydrogens (tertiary/aromatic N) is 1. The van der Waals surface area contributed by atoms with Crippen molar-refractivity contribution in [2.75, 3.05) is 7.11 Å². The molecule has 1 N–H and O–H groups in total. The predicted molar refractivity (Wildman–Crippen MR) is 50.4 cm³/mol. The number of pyridine rings is 1. The number of rotatable bonds is 3. The van der Waals surface area contributed by atoms with Crippen LogP contribution < -0.4 is 4.74 Å². The maximum atomic E-state index is 12.5. The fourth-order valence-electron chi connectivity index (χ4n) is 0.981. The molecule has 0 atom stereocenters. The van der Waals surface area contributed by atoms with Gasteiger partial charge in [-0.15, -0.1) is 0 Å². The summed E-state index contributed by atoms with van der Waals surface area (Å²) in [6.07, 6.45) is -3.05. The number of aromatic hydroxyl groups is 1. The molecule has 1 aromatic heterocycles. The van der Waals surface area contributed by atoms with E-state index in [1.54, 1.807) is 0 Å². The second kappa shape index (κ2) is 4.38. The monoisotopic (exact) mass is 273 g/mol. The topological polar surface area (TPSA) is 76.5 Å². The number of ether oxygens (including phenoxy) is 1. The molecule has 16 heavy (non-hydrogen) atoms. The molecule has 1 aromatic rings. The summed E-state index contributed by atoms with van der Waals surface area (Å²) in [7, 11) is 1.59. The Bertz CT molecular complexity index is 505. The van der Waals surface area contributed by atoms with Crippen molar-refractivity contribution in [3.05, 3.63) is 11.8 Å². The van der Waals surface area contributed by atoms with Crippen molar-refractivity contribution in [3.63, 3.8) is 0 Å². The van der Waals surface area contributed by atoms with Crippen molar-refractivity contribution in [2.24, 2.45) is 0 Å². The van der Waals surface area contributed by atoms with Crippen LogP contribution in [0.25, 0.3) is 0 Å². The van der Waals surface area contributed by atoms with E-state index in [1.165, 1.54) is 0 Å². The van der Waals surface area contributed by atoms with Crippen LogP contribution in [-0.2, 0) is 9.05 Å². The lowest BCUT2D eigenvalue weighted by Gasteiger charge is -2.09. The summed E-state index contributed by atoms with van der Waals surface area (Å²) in [6.45, 7) is 0. The summed E-state index contributed by atoms with van der Waals surface area (Å²) in [5.74, 6) is -1.27. The van der Waals surface area contributed by atoms with Crippen molar-refractivity contribution < 1.29 is 27.0 Å². The van der Waals surface area contributed by atoms with Gasteiger partial charge in [0.25, 0.3) is 15.5 Å². The van der Waals surface area contributed by atoms with Crippen LogP contribution >= 0.6 is 10.7 Å². The SMILES string of the molecule is COc1cc(O)c(S(=O)(=O)Cl)nc1C(F)F. The lowest BCUT2D eigenvalue weighted by Crippen LogP contribution is -2.03. The summed E-state index contributed by atoms with van der Waals surface area (Å²) in [4.78, 5) is 3.07. The zero-order valence-electron chi connectivity index (χ0n) is 7.82. The van der Waals surface area contributed by atoms with Crippen molar-refractivity contribution in [1.29, 1.82) is 0 Å². The Kier molecular flexibility index (Phi) is 3.54. The number of aromatic nitrogens is 1. The fourth-order valence-corrected chi connectivity index (χ4v) is 1.84. The molecule has 0 bridgehead atoms. The second-order valence-electron chi connectivity index (χ2n) is 2.64. The van der Waals surface area contributed by atoms with Gasteiger partial charge < -0.3 is 9.84 Å². The highest BCUT2D eigenvalue weighted by Gasteiger charge is 2.25. The second-order valence-corrected chi connectivity index (χ2v) is 5.12. The van der Waals surface area contributed by atoms with Crippen LogP contribution in [0.5, 0.6) is 11.5 Å². The van der Waals surface area contributed by atoms with Gasteiger partial charge in [-0.2, -0.15) is 0 Å². The van der Waals surface area contributed by atoms with Crippen molar-refractivity contribution in [2.45, 2.75) is 11.5 Å². The van der Waals surface area contributed by atoms with Gasteiger partial charge in [-0.1, -0.05) is 0 Å². The number of alkyl halides is 2. The molecule has 0 saturated carbocycles. The average molecular weight is 274 g/mol. The maximum absolute atomic E-state index is 12.5. The minimum Gasteiger partial charge on any atom is -0.505 e. The minimum absolute atomic E-state index is 0.420. The standard InChI is InChI=1S/C7H6ClF2NO4S/c1-15-4-2-3(12)7(16(8,13)14)11-5(4)6(9)10/h2,6,12H,1H3. The van der Waals surface area contributed by atoms with Crippen LogP contribution in [0, 0.1) is 0 Å². The molecule has 0 aromatic carbocycles. The van der Waals surface area contributed by atoms with E-state index in [1.807, 2.05) is 0 Å². The van der Waals surface area contributed by atoms with Crippen LogP contribution in [0.15, 0.2) is 11.1 Å². The molecule has 0 aliphatic rings. The summed E-state index contributed by atoms with van der Waals surface area (Å²) in [5, 5.41) is 8.19. The third kappa shape index (κ3) is 2.50. The molecule has 90 valence electrons. The van der Waals surface area contributed by atoms with Gasteiger partial charge in [-0.3, -0.25) is 0 Å². The highest BCUT2D eigenvalue weighted by molar-refractivity contribution is 8.13. The first-order valence-corrected chi connectivity index (χ1v) is 6.09. The summed E-state index contributed by atoms with van der Waals surface area (Å²) < 4.78 is 51.2. The Hall–Kier alpha value is -1.15. The van der Waals surface area contributed by atoms with Gasteiger partial charge in [0, 0.05) is 16.7 Å². The van der Waals surface area contributed by atoms with E-state index >= 15 is 0 Å². The molecule has 0 fully saturated rings. The van der Waals surface area contributed by atoms with Crippen molar-refractivity contribution in [1.82, 2.24) is 4.98 Å². The van der Waals surface area contributed by atoms with Gasteiger partial charge in [0.05, 0.1) is 7.11 Å². The molecule has 9 heteroatoms. The molecule has 0 spiro atoms. The van der Waals surface area contributed by atoms with Crippen LogP contribution in [0.2, 0.25) is 0 Å². The van der Waals surface area contributed by atoms with E-state index in [0.717, 1.165) is 7.11 Å². The summed E-state index contributed by atoms with van der Waals surface area (Å²) in [6, 6.07) is 0.712. The predicted octanol–water partition coefficient (Wildman–Crippen LogP) is 1.66. The Labute approximate surface area is 94.1 Å². The zero-order chi connectivity index (χ0) is 12.5. The third-order valence-corrected chi connectivity index (χ3v) is 2.82. The summed E-state index contributed by atoms with van der Waals surface area (Å²) >= 11 is 0. The first-order chi connectivity index (χ1) is 7.27. The molecule has 0 aliphatic carbocycles. The molecule has 0 amide bonds. The normalized spacial score (nSPS) is 11.8. The van der Waals surface area contributed by atoms with Gasteiger partial charge in [-0.05, 0) is 0 Å². The Morgan fingerprint density at radius 2 is 2.12 bits per heavy atom. The molecule has 0 radical (unpaired) electrons. The van der Waals surface area contributed by atoms with Gasteiger partial charge >= 0.3 is 0 Å². The van der Waals surface area contributed by atoms with Crippen molar-refractivity contribution >= 4 is 19.7 Å². The van der Waals surface area contributed by atoms with Crippen LogP contribution in [0.1, 0.15) is 12.1 Å². The third-order valence-electron chi connectivity index (χ3n) is 1.62. The average Bonchev–Trinajstić information content (AvgIpc) is 2.14. The van der Waals surface area contributed by atoms with Gasteiger partial charge in [0.15, 0.2) is 5.75 Å². The minimum atomic E-state index is -4.39. The number of hydrogen-bond acceptors (Lipinski definition) is 5. The molecular weight excluding hydrogens is 268 g/mol. The molecule has 5 nitrogen and oxygen atoms in total. The number of halogens is 3. The molecular formula is C7H6ClF2NO4S. The van der Waals surface area contributed by atoms with E-state index in [4.69, 9.17) is 10.7 Å². The Morgan fingerprint density at radius 1 is 1.56 bits per heavy atom. The van der Waals surface area contributed by atoms with Gasteiger partial charge in [-0.25, -0.2) is 22.2 Å². The lowest BCUT2D eigenvalue weighted by molar-refractivity contribution is 0.140. The molecule has 0 saturated heterocycles. The maximum Gasteiger partial charge on any atom is 0.284 e. The van der Waals surface area contributed by atoms with E-state index in [9.17, 15) is 22.3 Å². The van der Waals surface area contributed by atoms with Crippen molar-refractivity contribution in [3.8, 4) is 11.5 Å². The first kappa shape index (κ1) is 12.9. The lowest BCUT2D eigenvalue weighted by atomic mass is 10.3. The van der Waals surface area contributed by atoms with Crippen LogP contribution in [0.4, 0.5) is 8.78 Å². The largest absolute Gasteiger partial charge is 0.505 e. The smallest absolute Gasteiger partial charge is 0.284 e. The van der Waals surface area contributed by atoms with E-state index in [0.29, 0.717) is 6.07 Å². The molecule has 1 heterocycles. The Balaban J connectivity index is 3.52. The summed E-state index contributed by atoms with van der Waals surface area (Å²) in [5.41, 5.74) is -0.903. The number of hydrogen-bond donors (Lipinski definition) is 1. The first-order valence-electron chi connectivity index (χ1n) is 3.78. The highest BCUT2D eigenvalue weighted by Crippen LogP contribution is 2.34.